The summed E-state index contributed by atoms with van der Waals surface area (Å²) in [5.74, 6) is 0.193. The lowest BCUT2D eigenvalue weighted by molar-refractivity contribution is -0.122. The molecule has 0 unspecified atom stereocenters. The maximum absolute atomic E-state index is 12.6. The number of benzene rings is 2. The second-order valence-electron chi connectivity index (χ2n) is 6.94. The zero-order chi connectivity index (χ0) is 20.7. The smallest absolute Gasteiger partial charge is 0.257 e. The quantitative estimate of drug-likeness (QED) is 0.707. The summed E-state index contributed by atoms with van der Waals surface area (Å²) in [7, 11) is -3.41. The average molecular weight is 418 g/mol. The molecule has 0 aliphatic carbocycles. The number of nitrogens with one attached hydrogen (secondary N) is 1. The van der Waals surface area contributed by atoms with Gasteiger partial charge in [0, 0.05) is 38.4 Å². The summed E-state index contributed by atoms with van der Waals surface area (Å²) in [6, 6.07) is 17.4. The van der Waals surface area contributed by atoms with E-state index in [9.17, 15) is 13.2 Å². The van der Waals surface area contributed by atoms with Gasteiger partial charge in [0.25, 0.3) is 5.91 Å². The number of nitrogens with zero attached hydrogens (tertiary/aromatic N) is 2. The molecule has 1 saturated heterocycles. The van der Waals surface area contributed by atoms with Crippen LogP contribution in [0.3, 0.4) is 0 Å². The maximum atomic E-state index is 12.6. The van der Waals surface area contributed by atoms with Crippen LogP contribution in [-0.2, 0) is 14.8 Å². The van der Waals surface area contributed by atoms with Crippen LogP contribution in [-0.4, -0.2) is 63.7 Å². The van der Waals surface area contributed by atoms with Gasteiger partial charge in [-0.05, 0) is 30.7 Å². The third-order valence-electron chi connectivity index (χ3n) is 4.89. The first-order valence-corrected chi connectivity index (χ1v) is 11.3. The molecule has 0 spiro atoms. The van der Waals surface area contributed by atoms with Crippen molar-refractivity contribution in [3.63, 3.8) is 0 Å². The molecule has 8 heteroatoms. The topological polar surface area (TPSA) is 78.9 Å². The minimum atomic E-state index is -3.41. The molecule has 1 fully saturated rings. The van der Waals surface area contributed by atoms with Gasteiger partial charge < -0.3 is 15.0 Å². The van der Waals surface area contributed by atoms with E-state index >= 15 is 0 Å². The highest BCUT2D eigenvalue weighted by atomic mass is 32.2. The summed E-state index contributed by atoms with van der Waals surface area (Å²) in [5.41, 5.74) is 2.04. The molecule has 7 nitrogen and oxygen atoms in total. The molecular formula is C21H27N3O4S. The first-order valence-electron chi connectivity index (χ1n) is 9.69. The summed E-state index contributed by atoms with van der Waals surface area (Å²) < 4.78 is 32.1. The third kappa shape index (κ3) is 5.95. The highest BCUT2D eigenvalue weighted by Crippen LogP contribution is 2.17. The zero-order valence-electron chi connectivity index (χ0n) is 16.6. The fraction of sp³-hybridized carbons (Fsp3) is 0.381. The number of amides is 1. The molecule has 1 aliphatic rings. The number of piperazine rings is 1. The first-order chi connectivity index (χ1) is 14.0. The Bertz CT molecular complexity index is 911. The summed E-state index contributed by atoms with van der Waals surface area (Å²) in [6.45, 7) is 4.03. The number of hydrogen-bond donors (Lipinski definition) is 1. The molecule has 0 aromatic heterocycles. The van der Waals surface area contributed by atoms with Crippen molar-refractivity contribution in [3.8, 4) is 5.75 Å². The molecule has 156 valence electrons. The van der Waals surface area contributed by atoms with Gasteiger partial charge in [0.1, 0.15) is 5.75 Å². The number of rotatable bonds is 8. The van der Waals surface area contributed by atoms with Gasteiger partial charge in [-0.1, -0.05) is 36.4 Å². The monoisotopic (exact) mass is 417 g/mol. The maximum Gasteiger partial charge on any atom is 0.257 e. The zero-order valence-corrected chi connectivity index (χ0v) is 17.4. The number of para-hydroxylation sites is 2. The molecule has 3 rings (SSSR count). The number of carbonyl (C=O) groups excluding carboxylic acids is 1. The first kappa shape index (κ1) is 21.1. The van der Waals surface area contributed by atoms with Crippen molar-refractivity contribution in [2.45, 2.75) is 6.92 Å². The lowest BCUT2D eigenvalue weighted by Crippen LogP contribution is -2.50. The van der Waals surface area contributed by atoms with Gasteiger partial charge in [0.2, 0.25) is 10.0 Å². The fourth-order valence-corrected chi connectivity index (χ4v) is 4.56. The second kappa shape index (κ2) is 9.76. The molecule has 29 heavy (non-hydrogen) atoms. The number of aryl methyl sites for hydroxylation is 1. The van der Waals surface area contributed by atoms with Crippen molar-refractivity contribution in [1.82, 2.24) is 9.62 Å². The minimum absolute atomic E-state index is 0.0667. The van der Waals surface area contributed by atoms with Crippen LogP contribution < -0.4 is 15.0 Å². The second-order valence-corrected chi connectivity index (χ2v) is 9.03. The predicted octanol–water partition coefficient (Wildman–Crippen LogP) is 1.64. The Morgan fingerprint density at radius 1 is 1.00 bits per heavy atom. The van der Waals surface area contributed by atoms with Crippen molar-refractivity contribution in [2.24, 2.45) is 0 Å². The van der Waals surface area contributed by atoms with Crippen LogP contribution in [0.15, 0.2) is 54.6 Å². The van der Waals surface area contributed by atoms with E-state index in [1.165, 1.54) is 4.31 Å². The lowest BCUT2D eigenvalue weighted by Gasteiger charge is -2.35. The Balaban J connectivity index is 1.40. The van der Waals surface area contributed by atoms with Crippen molar-refractivity contribution >= 4 is 21.6 Å². The lowest BCUT2D eigenvalue weighted by atomic mass is 10.2. The van der Waals surface area contributed by atoms with Crippen molar-refractivity contribution in [2.75, 3.05) is 50.0 Å². The molecule has 0 saturated carbocycles. The number of hydrogen-bond acceptors (Lipinski definition) is 5. The van der Waals surface area contributed by atoms with E-state index in [2.05, 4.69) is 10.2 Å². The Kier molecular flexibility index (Phi) is 7.11. The summed E-state index contributed by atoms with van der Waals surface area (Å²) in [4.78, 5) is 14.1. The van der Waals surface area contributed by atoms with Gasteiger partial charge in [-0.25, -0.2) is 8.42 Å². The molecule has 0 atom stereocenters. The molecule has 1 N–H and O–H groups in total. The van der Waals surface area contributed by atoms with Crippen LogP contribution in [0.4, 0.5) is 5.69 Å². The molecule has 1 amide bonds. The van der Waals surface area contributed by atoms with Gasteiger partial charge in [-0.2, -0.15) is 4.31 Å². The highest BCUT2D eigenvalue weighted by molar-refractivity contribution is 7.89. The van der Waals surface area contributed by atoms with Gasteiger partial charge in [0.15, 0.2) is 6.61 Å². The molecule has 1 heterocycles. The van der Waals surface area contributed by atoms with Crippen molar-refractivity contribution in [3.05, 3.63) is 60.2 Å². The Hall–Kier alpha value is -2.58. The van der Waals surface area contributed by atoms with E-state index in [-0.39, 0.29) is 24.8 Å². The number of anilines is 1. The molecule has 2 aromatic rings. The molecule has 0 radical (unpaired) electrons. The van der Waals surface area contributed by atoms with Crippen molar-refractivity contribution in [1.29, 1.82) is 0 Å². The fourth-order valence-electron chi connectivity index (χ4n) is 3.22. The van der Waals surface area contributed by atoms with E-state index in [1.54, 1.807) is 6.07 Å². The van der Waals surface area contributed by atoms with Crippen molar-refractivity contribution < 1.29 is 17.9 Å². The van der Waals surface area contributed by atoms with Gasteiger partial charge >= 0.3 is 0 Å². The van der Waals surface area contributed by atoms with Crippen LogP contribution in [0.1, 0.15) is 5.56 Å². The Labute approximate surface area is 172 Å². The number of ether oxygens (including phenoxy) is 1. The minimum Gasteiger partial charge on any atom is -0.484 e. The Morgan fingerprint density at radius 3 is 2.34 bits per heavy atom. The molecule has 1 aliphatic heterocycles. The van der Waals surface area contributed by atoms with E-state index in [1.807, 2.05) is 55.5 Å². The van der Waals surface area contributed by atoms with E-state index in [4.69, 9.17) is 4.74 Å². The number of carbonyl (C=O) groups is 1. The van der Waals surface area contributed by atoms with E-state index in [0.29, 0.717) is 31.9 Å². The summed E-state index contributed by atoms with van der Waals surface area (Å²) >= 11 is 0. The molecule has 0 bridgehead atoms. The van der Waals surface area contributed by atoms with Crippen LogP contribution >= 0.6 is 0 Å². The van der Waals surface area contributed by atoms with Gasteiger partial charge in [0.05, 0.1) is 5.75 Å². The summed E-state index contributed by atoms with van der Waals surface area (Å²) in [6.07, 6.45) is 0. The predicted molar refractivity (Wildman–Crippen MR) is 114 cm³/mol. The van der Waals surface area contributed by atoms with Gasteiger partial charge in [-0.3, -0.25) is 4.79 Å². The highest BCUT2D eigenvalue weighted by Gasteiger charge is 2.26. The van der Waals surface area contributed by atoms with Crippen LogP contribution in [0.5, 0.6) is 5.75 Å². The van der Waals surface area contributed by atoms with Crippen LogP contribution in [0.2, 0.25) is 0 Å². The van der Waals surface area contributed by atoms with E-state index in [0.717, 1.165) is 11.3 Å². The Morgan fingerprint density at radius 2 is 1.66 bits per heavy atom. The number of sulfonamides is 1. The van der Waals surface area contributed by atoms with E-state index < -0.39 is 10.0 Å². The normalized spacial score (nSPS) is 15.1. The average Bonchev–Trinajstić information content (AvgIpc) is 2.74. The van der Waals surface area contributed by atoms with Crippen LogP contribution in [0, 0.1) is 6.92 Å². The van der Waals surface area contributed by atoms with Gasteiger partial charge in [-0.15, -0.1) is 0 Å². The summed E-state index contributed by atoms with van der Waals surface area (Å²) in [5, 5.41) is 2.62. The standard InChI is InChI=1S/C21H27N3O4S/c1-18-7-5-6-10-20(18)28-17-21(25)22-11-16-29(26,27)24-14-12-23(13-15-24)19-8-3-2-4-9-19/h2-10H,11-17H2,1H3,(H,22,25). The molecular weight excluding hydrogens is 390 g/mol. The SMILES string of the molecule is Cc1ccccc1OCC(=O)NCCS(=O)(=O)N1CCN(c2ccccc2)CC1. The third-order valence-corrected chi connectivity index (χ3v) is 6.76. The largest absolute Gasteiger partial charge is 0.484 e. The van der Waals surface area contributed by atoms with Crippen LogP contribution in [0.25, 0.3) is 0 Å². The molecule has 2 aromatic carbocycles.